The molecule has 0 aliphatic carbocycles. The van der Waals surface area contributed by atoms with E-state index in [0.717, 1.165) is 69.3 Å². The van der Waals surface area contributed by atoms with Gasteiger partial charge >= 0.3 is 0 Å². The third-order valence-electron chi connectivity index (χ3n) is 5.93. The fraction of sp³-hybridized carbons (Fsp3) is 0.500. The zero-order valence-electron chi connectivity index (χ0n) is 19.7. The lowest BCUT2D eigenvalue weighted by Gasteiger charge is -2.29. The van der Waals surface area contributed by atoms with Gasteiger partial charge in [0.1, 0.15) is 5.75 Å². The molecule has 2 aromatic rings. The number of aryl methyl sites for hydroxylation is 1. The van der Waals surface area contributed by atoms with Gasteiger partial charge in [0, 0.05) is 32.7 Å². The summed E-state index contributed by atoms with van der Waals surface area (Å²) in [6.07, 6.45) is 2.55. The van der Waals surface area contributed by atoms with Gasteiger partial charge in [0.2, 0.25) is 0 Å². The molecular formula is C26H38N4O2. The van der Waals surface area contributed by atoms with Gasteiger partial charge in [-0.2, -0.15) is 0 Å². The van der Waals surface area contributed by atoms with E-state index in [9.17, 15) is 5.11 Å². The van der Waals surface area contributed by atoms with Crippen molar-refractivity contribution in [3.8, 4) is 5.75 Å². The number of nitrogens with zero attached hydrogens (tertiary/aromatic N) is 2. The van der Waals surface area contributed by atoms with Crippen LogP contribution in [-0.2, 0) is 19.5 Å². The summed E-state index contributed by atoms with van der Waals surface area (Å²) < 4.78 is 5.43. The number of rotatable bonds is 9. The summed E-state index contributed by atoms with van der Waals surface area (Å²) in [5.41, 5.74) is 4.91. The van der Waals surface area contributed by atoms with Gasteiger partial charge in [0.05, 0.1) is 19.8 Å². The van der Waals surface area contributed by atoms with Crippen LogP contribution >= 0.6 is 0 Å². The largest absolute Gasteiger partial charge is 0.496 e. The average molecular weight is 439 g/mol. The molecule has 0 atom stereocenters. The van der Waals surface area contributed by atoms with E-state index < -0.39 is 0 Å². The van der Waals surface area contributed by atoms with Crippen LogP contribution in [-0.4, -0.2) is 55.4 Å². The minimum absolute atomic E-state index is 0.120. The highest BCUT2D eigenvalue weighted by molar-refractivity contribution is 5.79. The van der Waals surface area contributed by atoms with Crippen molar-refractivity contribution in [1.29, 1.82) is 0 Å². The molecule has 32 heavy (non-hydrogen) atoms. The highest BCUT2D eigenvalue weighted by Gasteiger charge is 2.16. The van der Waals surface area contributed by atoms with Gasteiger partial charge in [0.15, 0.2) is 5.96 Å². The van der Waals surface area contributed by atoms with Crippen molar-refractivity contribution in [2.45, 2.75) is 52.3 Å². The van der Waals surface area contributed by atoms with Crippen LogP contribution in [0.2, 0.25) is 0 Å². The number of aliphatic hydroxyl groups excluding tert-OH is 1. The fourth-order valence-corrected chi connectivity index (χ4v) is 3.94. The van der Waals surface area contributed by atoms with Crippen molar-refractivity contribution < 1.29 is 9.84 Å². The molecule has 1 saturated heterocycles. The molecule has 6 nitrogen and oxygen atoms in total. The van der Waals surface area contributed by atoms with Gasteiger partial charge < -0.3 is 20.5 Å². The quantitative estimate of drug-likeness (QED) is 0.414. The van der Waals surface area contributed by atoms with Crippen molar-refractivity contribution in [1.82, 2.24) is 15.5 Å². The summed E-state index contributed by atoms with van der Waals surface area (Å²) in [7, 11) is 1.71. The number of ether oxygens (including phenoxy) is 1. The van der Waals surface area contributed by atoms with Crippen LogP contribution in [0.15, 0.2) is 47.5 Å². The zero-order chi connectivity index (χ0) is 22.8. The highest BCUT2D eigenvalue weighted by Crippen LogP contribution is 2.19. The van der Waals surface area contributed by atoms with Gasteiger partial charge in [0.25, 0.3) is 0 Å². The number of aliphatic hydroxyl groups is 1. The van der Waals surface area contributed by atoms with Crippen molar-refractivity contribution in [2.24, 2.45) is 4.99 Å². The third kappa shape index (κ3) is 7.53. The number of nitrogens with one attached hydrogen (secondary N) is 2. The molecule has 1 aliphatic heterocycles. The fourth-order valence-electron chi connectivity index (χ4n) is 3.94. The minimum atomic E-state index is -0.120. The Morgan fingerprint density at radius 3 is 2.44 bits per heavy atom. The molecule has 0 saturated carbocycles. The van der Waals surface area contributed by atoms with Gasteiger partial charge in [-0.05, 0) is 61.4 Å². The molecule has 3 rings (SSSR count). The molecule has 0 spiro atoms. The van der Waals surface area contributed by atoms with Gasteiger partial charge in [-0.1, -0.05) is 36.4 Å². The monoisotopic (exact) mass is 438 g/mol. The Morgan fingerprint density at radius 1 is 1.06 bits per heavy atom. The summed E-state index contributed by atoms with van der Waals surface area (Å²) in [5.74, 6) is 1.77. The van der Waals surface area contributed by atoms with Crippen LogP contribution in [0.3, 0.4) is 0 Å². The Balaban J connectivity index is 1.48. The maximum atomic E-state index is 9.66. The molecule has 0 amide bonds. The predicted molar refractivity (Wildman–Crippen MR) is 131 cm³/mol. The number of piperidine rings is 1. The zero-order valence-corrected chi connectivity index (χ0v) is 19.7. The number of hydrogen-bond donors (Lipinski definition) is 3. The number of hydrogen-bond acceptors (Lipinski definition) is 4. The average Bonchev–Trinajstić information content (AvgIpc) is 2.81. The lowest BCUT2D eigenvalue weighted by Crippen LogP contribution is -2.38. The standard InChI is InChI=1S/C26H38N4O2/c1-4-27-26(28-14-11-21-6-5-20(2)25(17-21)32-3)29-18-22-7-9-23(10-8-22)19-30-15-12-24(31)13-16-30/h5-10,17,24,31H,4,11-16,18-19H2,1-3H3,(H2,27,28,29). The van der Waals surface area contributed by atoms with E-state index in [0.29, 0.717) is 6.54 Å². The van der Waals surface area contributed by atoms with Crippen molar-refractivity contribution in [3.05, 3.63) is 64.7 Å². The normalized spacial score (nSPS) is 15.6. The second-order valence-electron chi connectivity index (χ2n) is 8.50. The van der Waals surface area contributed by atoms with E-state index in [1.54, 1.807) is 7.11 Å². The topological polar surface area (TPSA) is 69.1 Å². The van der Waals surface area contributed by atoms with E-state index in [4.69, 9.17) is 9.73 Å². The third-order valence-corrected chi connectivity index (χ3v) is 5.93. The summed E-state index contributed by atoms with van der Waals surface area (Å²) in [5, 5.41) is 16.4. The maximum absolute atomic E-state index is 9.66. The van der Waals surface area contributed by atoms with Crippen LogP contribution in [0.25, 0.3) is 0 Å². The van der Waals surface area contributed by atoms with Crippen molar-refractivity contribution in [2.75, 3.05) is 33.3 Å². The Kier molecular flexibility index (Phi) is 9.38. The molecule has 0 aromatic heterocycles. The Labute approximate surface area is 192 Å². The molecule has 2 aromatic carbocycles. The first kappa shape index (κ1) is 24.1. The van der Waals surface area contributed by atoms with Crippen LogP contribution in [0, 0.1) is 6.92 Å². The minimum Gasteiger partial charge on any atom is -0.496 e. The second kappa shape index (κ2) is 12.5. The smallest absolute Gasteiger partial charge is 0.191 e. The number of likely N-dealkylation sites (tertiary alicyclic amines) is 1. The molecule has 1 heterocycles. The molecular weight excluding hydrogens is 400 g/mol. The van der Waals surface area contributed by atoms with Gasteiger partial charge in [-0.3, -0.25) is 4.90 Å². The second-order valence-corrected chi connectivity index (χ2v) is 8.50. The molecule has 1 fully saturated rings. The maximum Gasteiger partial charge on any atom is 0.191 e. The van der Waals surface area contributed by atoms with Gasteiger partial charge in [-0.25, -0.2) is 4.99 Å². The van der Waals surface area contributed by atoms with E-state index in [2.05, 4.69) is 71.8 Å². The van der Waals surface area contributed by atoms with Crippen LogP contribution in [0.4, 0.5) is 0 Å². The molecule has 3 N–H and O–H groups in total. The van der Waals surface area contributed by atoms with E-state index in [1.807, 2.05) is 0 Å². The lowest BCUT2D eigenvalue weighted by atomic mass is 10.1. The first-order valence-electron chi connectivity index (χ1n) is 11.7. The Hall–Kier alpha value is -2.57. The SMILES string of the molecule is CCNC(=NCc1ccc(CN2CCC(O)CC2)cc1)NCCc1ccc(C)c(OC)c1. The number of guanidine groups is 1. The number of methoxy groups -OCH3 is 1. The molecule has 0 bridgehead atoms. The summed E-state index contributed by atoms with van der Waals surface area (Å²) in [6.45, 7) is 9.31. The lowest BCUT2D eigenvalue weighted by molar-refractivity contribution is 0.0792. The van der Waals surface area contributed by atoms with Gasteiger partial charge in [-0.15, -0.1) is 0 Å². The first-order chi connectivity index (χ1) is 15.6. The van der Waals surface area contributed by atoms with Crippen molar-refractivity contribution in [3.63, 3.8) is 0 Å². The first-order valence-corrected chi connectivity index (χ1v) is 11.7. The summed E-state index contributed by atoms with van der Waals surface area (Å²) in [6, 6.07) is 15.1. The summed E-state index contributed by atoms with van der Waals surface area (Å²) in [4.78, 5) is 7.16. The van der Waals surface area contributed by atoms with E-state index >= 15 is 0 Å². The van der Waals surface area contributed by atoms with E-state index in [1.165, 1.54) is 16.7 Å². The van der Waals surface area contributed by atoms with Crippen LogP contribution in [0.5, 0.6) is 5.75 Å². The predicted octanol–water partition coefficient (Wildman–Crippen LogP) is 3.26. The van der Waals surface area contributed by atoms with E-state index in [-0.39, 0.29) is 6.10 Å². The Bertz CT molecular complexity index is 859. The number of aliphatic imine (C=N–C) groups is 1. The summed E-state index contributed by atoms with van der Waals surface area (Å²) >= 11 is 0. The molecule has 0 unspecified atom stereocenters. The van der Waals surface area contributed by atoms with Crippen LogP contribution < -0.4 is 15.4 Å². The molecule has 0 radical (unpaired) electrons. The highest BCUT2D eigenvalue weighted by atomic mass is 16.5. The molecule has 174 valence electrons. The Morgan fingerprint density at radius 2 is 1.75 bits per heavy atom. The van der Waals surface area contributed by atoms with Crippen LogP contribution in [0.1, 0.15) is 42.0 Å². The molecule has 6 heteroatoms. The van der Waals surface area contributed by atoms with Crippen molar-refractivity contribution >= 4 is 5.96 Å². The molecule has 1 aliphatic rings. The number of benzene rings is 2.